The van der Waals surface area contributed by atoms with Crippen molar-refractivity contribution >= 4 is 37.2 Å². The van der Waals surface area contributed by atoms with Crippen molar-refractivity contribution in [2.45, 2.75) is 0 Å². The number of H-pyrrole nitrogens is 3. The fourth-order valence-corrected chi connectivity index (χ4v) is 4.68. The highest BCUT2D eigenvalue weighted by Gasteiger charge is 2.10. The molecule has 7 heterocycles. The molecule has 12 bridgehead atoms. The molecule has 0 saturated heterocycles. The van der Waals surface area contributed by atoms with Crippen molar-refractivity contribution in [3.05, 3.63) is 106 Å². The van der Waals surface area contributed by atoms with Gasteiger partial charge in [0.15, 0.2) is 0 Å². The average Bonchev–Trinajstić information content (AvgIpc) is 3.68. The molecule has 9 nitrogen and oxygen atoms in total. The lowest BCUT2D eigenvalue weighted by molar-refractivity contribution is 0.435. The lowest BCUT2D eigenvalue weighted by atomic mass is 10.5. The second-order valence-electron chi connectivity index (χ2n) is 9.29. The zero-order chi connectivity index (χ0) is 23.9. The highest BCUT2D eigenvalue weighted by molar-refractivity contribution is 5.33. The summed E-state index contributed by atoms with van der Waals surface area (Å²) in [6, 6.07) is 12.6. The summed E-state index contributed by atoms with van der Waals surface area (Å²) in [7, 11) is 0. The molecule has 0 aromatic carbocycles. The van der Waals surface area contributed by atoms with Gasteiger partial charge in [-0.25, -0.2) is 0 Å². The summed E-state index contributed by atoms with van der Waals surface area (Å²) in [5, 5.41) is 6.38. The molecule has 7 rings (SSSR count). The Morgan fingerprint density at radius 1 is 0.333 bits per heavy atom. The number of fused-ring (bicyclic) bond motifs is 12. The van der Waals surface area contributed by atoms with Crippen molar-refractivity contribution in [1.82, 2.24) is 44.4 Å². The molecule has 0 unspecified atom stereocenters. The topological polar surface area (TPSA) is 66.8 Å². The first-order valence-corrected chi connectivity index (χ1v) is 12.0. The van der Waals surface area contributed by atoms with Gasteiger partial charge in [0.2, 0.25) is 0 Å². The maximum atomic E-state index is 3.49. The van der Waals surface area contributed by atoms with E-state index in [2.05, 4.69) is 155 Å². The summed E-state index contributed by atoms with van der Waals surface area (Å²) < 4.78 is 0. The Bertz CT molecular complexity index is 1410. The second kappa shape index (κ2) is 8.38. The SMILES string of the molecule is C1=CN2C=c3ccc([nH]3)=CN3C=CN(C=c4ccc([nH]4)=CN4C=CN(C=c5ccc([nH]5)=CN1C2)C4)C3. The van der Waals surface area contributed by atoms with Crippen LogP contribution in [0.3, 0.4) is 0 Å². The molecule has 3 aromatic rings. The van der Waals surface area contributed by atoms with Crippen LogP contribution in [0.2, 0.25) is 0 Å². The van der Waals surface area contributed by atoms with Crippen LogP contribution in [0.5, 0.6) is 0 Å². The van der Waals surface area contributed by atoms with Gasteiger partial charge < -0.3 is 44.4 Å². The van der Waals surface area contributed by atoms with Crippen molar-refractivity contribution in [2.24, 2.45) is 0 Å². The number of hydrogen-bond acceptors (Lipinski definition) is 6. The van der Waals surface area contributed by atoms with Crippen LogP contribution >= 0.6 is 0 Å². The lowest BCUT2D eigenvalue weighted by Gasteiger charge is -2.14. The lowest BCUT2D eigenvalue weighted by Crippen LogP contribution is -2.25. The van der Waals surface area contributed by atoms with Gasteiger partial charge in [-0.15, -0.1) is 0 Å². The molecule has 3 N–H and O–H groups in total. The van der Waals surface area contributed by atoms with Crippen LogP contribution in [0.4, 0.5) is 0 Å². The highest BCUT2D eigenvalue weighted by Crippen LogP contribution is 2.09. The summed E-state index contributed by atoms with van der Waals surface area (Å²) >= 11 is 0. The van der Waals surface area contributed by atoms with Crippen molar-refractivity contribution in [1.29, 1.82) is 0 Å². The molecule has 4 aliphatic heterocycles. The molecular weight excluding hydrogens is 450 g/mol. The van der Waals surface area contributed by atoms with Crippen LogP contribution in [0, 0.1) is 0 Å². The molecule has 36 heavy (non-hydrogen) atoms. The van der Waals surface area contributed by atoms with E-state index < -0.39 is 0 Å². The smallest absolute Gasteiger partial charge is 0.0979 e. The molecular formula is C27H27N9. The molecule has 0 amide bonds. The molecule has 4 aliphatic rings. The van der Waals surface area contributed by atoms with E-state index in [4.69, 9.17) is 0 Å². The van der Waals surface area contributed by atoms with Crippen LogP contribution in [-0.4, -0.2) is 64.4 Å². The molecule has 3 aromatic heterocycles. The first-order valence-electron chi connectivity index (χ1n) is 12.0. The van der Waals surface area contributed by atoms with Gasteiger partial charge in [-0.1, -0.05) is 0 Å². The zero-order valence-electron chi connectivity index (χ0n) is 19.7. The number of nitrogens with one attached hydrogen (secondary N) is 3. The number of aromatic nitrogens is 3. The Kier molecular flexibility index (Phi) is 4.76. The Morgan fingerprint density at radius 3 is 0.722 bits per heavy atom. The van der Waals surface area contributed by atoms with Crippen LogP contribution in [0.1, 0.15) is 0 Å². The average molecular weight is 478 g/mol. The fourth-order valence-electron chi connectivity index (χ4n) is 4.68. The molecule has 9 heteroatoms. The van der Waals surface area contributed by atoms with Crippen molar-refractivity contribution in [2.75, 3.05) is 20.0 Å². The van der Waals surface area contributed by atoms with Gasteiger partial charge >= 0.3 is 0 Å². The molecule has 0 radical (unpaired) electrons. The first kappa shape index (κ1) is 20.5. The largest absolute Gasteiger partial charge is 0.353 e. The van der Waals surface area contributed by atoms with Gasteiger partial charge in [-0.05, 0) is 36.4 Å². The maximum absolute atomic E-state index is 3.49. The summed E-state index contributed by atoms with van der Waals surface area (Å²) in [6.07, 6.45) is 25.3. The minimum atomic E-state index is 0.759. The van der Waals surface area contributed by atoms with Crippen LogP contribution < -0.4 is 32.1 Å². The van der Waals surface area contributed by atoms with Crippen molar-refractivity contribution < 1.29 is 0 Å². The van der Waals surface area contributed by atoms with Gasteiger partial charge in [-0.3, -0.25) is 0 Å². The molecule has 0 atom stereocenters. The number of aromatic amines is 3. The third-order valence-electron chi connectivity index (χ3n) is 6.35. The van der Waals surface area contributed by atoms with Crippen molar-refractivity contribution in [3.8, 4) is 0 Å². The van der Waals surface area contributed by atoms with E-state index >= 15 is 0 Å². The number of hydrogen-bond donors (Lipinski definition) is 3. The molecule has 0 saturated carbocycles. The molecule has 0 spiro atoms. The van der Waals surface area contributed by atoms with Gasteiger partial charge in [0.05, 0.1) is 52.1 Å². The second-order valence-corrected chi connectivity index (χ2v) is 9.29. The van der Waals surface area contributed by atoms with Crippen LogP contribution in [0.25, 0.3) is 37.2 Å². The monoisotopic (exact) mass is 477 g/mol. The molecule has 0 aliphatic carbocycles. The normalized spacial score (nSPS) is 18.3. The highest BCUT2D eigenvalue weighted by atomic mass is 15.3. The minimum Gasteiger partial charge on any atom is -0.353 e. The standard InChI is InChI=1S/C27H27N9/c1-2-23-14-32-9-10-34(20-32)16-25-5-6-27(30-25)18-36-12-11-35(21-36)17-26-4-3-24(29-26)15-33-8-7-31(19-33)13-22(1)28-23/h1-18,28-30H,19-21H2. The predicted molar refractivity (Wildman–Crippen MR) is 140 cm³/mol. The van der Waals surface area contributed by atoms with E-state index in [1.165, 1.54) is 0 Å². The van der Waals surface area contributed by atoms with E-state index in [9.17, 15) is 0 Å². The van der Waals surface area contributed by atoms with Gasteiger partial charge in [-0.2, -0.15) is 0 Å². The fraction of sp³-hybridized carbons (Fsp3) is 0.111. The Labute approximate surface area is 207 Å². The Hall–Kier alpha value is -4.92. The third-order valence-corrected chi connectivity index (χ3v) is 6.35. The van der Waals surface area contributed by atoms with E-state index in [0.717, 1.165) is 52.1 Å². The summed E-state index contributed by atoms with van der Waals surface area (Å²) in [4.78, 5) is 23.5. The quantitative estimate of drug-likeness (QED) is 0.372. The summed E-state index contributed by atoms with van der Waals surface area (Å²) in [6.45, 7) is 2.28. The minimum absolute atomic E-state index is 0.759. The summed E-state index contributed by atoms with van der Waals surface area (Å²) in [5.41, 5.74) is 0. The third kappa shape index (κ3) is 4.29. The number of nitrogens with zero attached hydrogens (tertiary/aromatic N) is 6. The predicted octanol–water partition coefficient (Wildman–Crippen LogP) is -1.35. The van der Waals surface area contributed by atoms with E-state index in [-0.39, 0.29) is 0 Å². The zero-order valence-corrected chi connectivity index (χ0v) is 19.7. The Balaban J connectivity index is 1.24. The van der Waals surface area contributed by atoms with Gasteiger partial charge in [0, 0.05) is 74.4 Å². The van der Waals surface area contributed by atoms with Crippen molar-refractivity contribution in [3.63, 3.8) is 0 Å². The van der Waals surface area contributed by atoms with E-state index in [1.807, 2.05) is 0 Å². The van der Waals surface area contributed by atoms with E-state index in [1.54, 1.807) is 0 Å². The number of rotatable bonds is 0. The maximum Gasteiger partial charge on any atom is 0.0979 e. The van der Waals surface area contributed by atoms with Gasteiger partial charge in [0.1, 0.15) is 0 Å². The van der Waals surface area contributed by atoms with Gasteiger partial charge in [0.25, 0.3) is 0 Å². The Morgan fingerprint density at radius 2 is 0.528 bits per heavy atom. The van der Waals surface area contributed by atoms with Crippen LogP contribution in [-0.2, 0) is 0 Å². The van der Waals surface area contributed by atoms with Crippen LogP contribution in [0.15, 0.2) is 73.6 Å². The summed E-state index contributed by atoms with van der Waals surface area (Å²) in [5.74, 6) is 0. The van der Waals surface area contributed by atoms with E-state index in [0.29, 0.717) is 0 Å². The first-order chi connectivity index (χ1) is 17.7. The molecule has 0 fully saturated rings. The molecule has 180 valence electrons.